The fourth-order valence-electron chi connectivity index (χ4n) is 2.74. The van der Waals surface area contributed by atoms with Crippen LogP contribution in [0.4, 0.5) is 9.18 Å². The molecule has 0 saturated carbocycles. The van der Waals surface area contributed by atoms with E-state index in [1.807, 2.05) is 6.92 Å². The summed E-state index contributed by atoms with van der Waals surface area (Å²) in [6, 6.07) is 9.14. The van der Waals surface area contributed by atoms with Crippen molar-refractivity contribution in [2.45, 2.75) is 38.1 Å². The van der Waals surface area contributed by atoms with Gasteiger partial charge in [0.1, 0.15) is 10.0 Å². The summed E-state index contributed by atoms with van der Waals surface area (Å²) in [4.78, 5) is 14.8. The molecule has 0 atom stereocenters. The fourth-order valence-corrected chi connectivity index (χ4v) is 5.65. The van der Waals surface area contributed by atoms with Gasteiger partial charge in [-0.2, -0.15) is 4.31 Å². The summed E-state index contributed by atoms with van der Waals surface area (Å²) < 4.78 is 40.1. The van der Waals surface area contributed by atoms with Gasteiger partial charge in [0.15, 0.2) is 0 Å². The number of amides is 2. The summed E-state index contributed by atoms with van der Waals surface area (Å²) in [5, 5.41) is 2.80. The lowest BCUT2D eigenvalue weighted by Gasteiger charge is -2.21. The Kier molecular flexibility index (Phi) is 7.97. The molecule has 9 heteroatoms. The zero-order chi connectivity index (χ0) is 20.7. The van der Waals surface area contributed by atoms with E-state index >= 15 is 0 Å². The van der Waals surface area contributed by atoms with Crippen LogP contribution < -0.4 is 5.32 Å². The number of hydrogen-bond donors (Lipinski definition) is 1. The monoisotopic (exact) mass is 427 g/mol. The van der Waals surface area contributed by atoms with Crippen LogP contribution in [-0.2, 0) is 23.1 Å². The van der Waals surface area contributed by atoms with Crippen LogP contribution in [0.25, 0.3) is 0 Å². The Bertz CT molecular complexity index is 895. The molecule has 6 nitrogen and oxygen atoms in total. The van der Waals surface area contributed by atoms with Crippen molar-refractivity contribution >= 4 is 27.4 Å². The van der Waals surface area contributed by atoms with Crippen LogP contribution in [0.5, 0.6) is 0 Å². The number of halogens is 1. The molecule has 1 N–H and O–H groups in total. The standard InChI is InChI=1S/C19H26FN3O3S2/c1-4-22(14-15-8-7-9-16(20)12-15)19(24)21-13-17-10-11-18(27-17)28(25,26)23(5-2)6-3/h7-12H,4-6,13-14H2,1-3H3,(H,21,24). The first-order valence-electron chi connectivity index (χ1n) is 9.17. The minimum atomic E-state index is -3.49. The molecular weight excluding hydrogens is 401 g/mol. The van der Waals surface area contributed by atoms with Crippen LogP contribution in [0, 0.1) is 5.82 Å². The Balaban J connectivity index is 1.99. The maximum atomic E-state index is 13.3. The summed E-state index contributed by atoms with van der Waals surface area (Å²) in [5.41, 5.74) is 0.709. The van der Waals surface area contributed by atoms with Crippen molar-refractivity contribution in [1.29, 1.82) is 0 Å². The average Bonchev–Trinajstić information content (AvgIpc) is 3.15. The van der Waals surface area contributed by atoms with Gasteiger partial charge in [0.2, 0.25) is 0 Å². The maximum absolute atomic E-state index is 13.3. The van der Waals surface area contributed by atoms with Crippen molar-refractivity contribution < 1.29 is 17.6 Å². The predicted octanol–water partition coefficient (Wildman–Crippen LogP) is 3.65. The van der Waals surface area contributed by atoms with Gasteiger partial charge in [-0.3, -0.25) is 0 Å². The quantitative estimate of drug-likeness (QED) is 0.664. The molecule has 2 rings (SSSR count). The van der Waals surface area contributed by atoms with Crippen molar-refractivity contribution in [3.63, 3.8) is 0 Å². The van der Waals surface area contributed by atoms with Crippen LogP contribution in [0.3, 0.4) is 0 Å². The highest BCUT2D eigenvalue weighted by Gasteiger charge is 2.23. The van der Waals surface area contributed by atoms with E-state index in [1.165, 1.54) is 16.4 Å². The average molecular weight is 428 g/mol. The largest absolute Gasteiger partial charge is 0.333 e. The van der Waals surface area contributed by atoms with Crippen LogP contribution in [0.15, 0.2) is 40.6 Å². The number of sulfonamides is 1. The Hall–Kier alpha value is -1.97. The summed E-state index contributed by atoms with van der Waals surface area (Å²) in [6.45, 7) is 7.26. The number of rotatable bonds is 9. The molecule has 2 aromatic rings. The Morgan fingerprint density at radius 2 is 1.82 bits per heavy atom. The van der Waals surface area contributed by atoms with Gasteiger partial charge in [-0.1, -0.05) is 26.0 Å². The topological polar surface area (TPSA) is 69.7 Å². The molecule has 1 aromatic carbocycles. The second-order valence-corrected chi connectivity index (χ2v) is 9.45. The third kappa shape index (κ3) is 5.52. The lowest BCUT2D eigenvalue weighted by atomic mass is 10.2. The molecule has 0 spiro atoms. The van der Waals surface area contributed by atoms with Crippen molar-refractivity contribution in [2.24, 2.45) is 0 Å². The van der Waals surface area contributed by atoms with E-state index in [-0.39, 0.29) is 22.6 Å². The second kappa shape index (κ2) is 9.99. The summed E-state index contributed by atoms with van der Waals surface area (Å²) in [7, 11) is -3.49. The summed E-state index contributed by atoms with van der Waals surface area (Å²) in [6.07, 6.45) is 0. The van der Waals surface area contributed by atoms with Gasteiger partial charge < -0.3 is 10.2 Å². The van der Waals surface area contributed by atoms with E-state index in [0.29, 0.717) is 31.7 Å². The number of benzene rings is 1. The molecule has 0 unspecified atom stereocenters. The molecule has 2 amide bonds. The SMILES string of the molecule is CCN(Cc1cccc(F)c1)C(=O)NCc1ccc(S(=O)(=O)N(CC)CC)s1. The first-order valence-corrected chi connectivity index (χ1v) is 11.4. The lowest BCUT2D eigenvalue weighted by Crippen LogP contribution is -2.38. The first-order chi connectivity index (χ1) is 13.3. The molecule has 0 radical (unpaired) electrons. The smallest absolute Gasteiger partial charge is 0.317 e. The van der Waals surface area contributed by atoms with E-state index in [9.17, 15) is 17.6 Å². The molecule has 0 bridgehead atoms. The minimum Gasteiger partial charge on any atom is -0.333 e. The van der Waals surface area contributed by atoms with Gasteiger partial charge in [0, 0.05) is 31.1 Å². The van der Waals surface area contributed by atoms with E-state index in [2.05, 4.69) is 5.32 Å². The third-order valence-electron chi connectivity index (χ3n) is 4.28. The van der Waals surface area contributed by atoms with Crippen molar-refractivity contribution in [2.75, 3.05) is 19.6 Å². The molecule has 0 aliphatic heterocycles. The predicted molar refractivity (Wildman–Crippen MR) is 109 cm³/mol. The van der Waals surface area contributed by atoms with Gasteiger partial charge in [-0.15, -0.1) is 11.3 Å². The number of thiophene rings is 1. The Labute approximate surface area is 170 Å². The molecule has 1 aromatic heterocycles. The Morgan fingerprint density at radius 3 is 2.43 bits per heavy atom. The highest BCUT2D eigenvalue weighted by molar-refractivity contribution is 7.91. The van der Waals surface area contributed by atoms with E-state index < -0.39 is 10.0 Å². The van der Waals surface area contributed by atoms with Crippen LogP contribution in [-0.4, -0.2) is 43.3 Å². The minimum absolute atomic E-state index is 0.233. The van der Waals surface area contributed by atoms with Gasteiger partial charge in [-0.25, -0.2) is 17.6 Å². The van der Waals surface area contributed by atoms with Gasteiger partial charge in [0.25, 0.3) is 10.0 Å². The van der Waals surface area contributed by atoms with Crippen LogP contribution >= 0.6 is 11.3 Å². The fraction of sp³-hybridized carbons (Fsp3) is 0.421. The molecule has 0 fully saturated rings. The molecular formula is C19H26FN3O3S2. The Morgan fingerprint density at radius 1 is 1.11 bits per heavy atom. The number of nitrogens with one attached hydrogen (secondary N) is 1. The highest BCUT2D eigenvalue weighted by Crippen LogP contribution is 2.24. The normalized spacial score (nSPS) is 11.6. The van der Waals surface area contributed by atoms with Gasteiger partial charge in [-0.05, 0) is 36.8 Å². The first kappa shape index (κ1) is 22.3. The maximum Gasteiger partial charge on any atom is 0.317 e. The van der Waals surface area contributed by atoms with Gasteiger partial charge in [0.05, 0.1) is 6.54 Å². The molecule has 0 aliphatic carbocycles. The number of carbonyl (C=O) groups excluding carboxylic acids is 1. The van der Waals surface area contributed by atoms with E-state index in [4.69, 9.17) is 0 Å². The number of hydrogen-bond acceptors (Lipinski definition) is 4. The molecule has 0 saturated heterocycles. The summed E-state index contributed by atoms with van der Waals surface area (Å²) >= 11 is 1.15. The van der Waals surface area contributed by atoms with Crippen molar-refractivity contribution in [3.8, 4) is 0 Å². The van der Waals surface area contributed by atoms with E-state index in [0.717, 1.165) is 16.2 Å². The molecule has 154 valence electrons. The van der Waals surface area contributed by atoms with Crippen molar-refractivity contribution in [1.82, 2.24) is 14.5 Å². The zero-order valence-corrected chi connectivity index (χ0v) is 17.9. The molecule has 1 heterocycles. The van der Waals surface area contributed by atoms with E-state index in [1.54, 1.807) is 43.0 Å². The number of urea groups is 1. The molecule has 28 heavy (non-hydrogen) atoms. The zero-order valence-electron chi connectivity index (χ0n) is 16.3. The number of nitrogens with zero attached hydrogens (tertiary/aromatic N) is 2. The highest BCUT2D eigenvalue weighted by atomic mass is 32.2. The lowest BCUT2D eigenvalue weighted by molar-refractivity contribution is 0.197. The number of carbonyl (C=O) groups is 1. The third-order valence-corrected chi connectivity index (χ3v) is 7.88. The summed E-state index contributed by atoms with van der Waals surface area (Å²) in [5.74, 6) is -0.338. The van der Waals surface area contributed by atoms with Crippen LogP contribution in [0.1, 0.15) is 31.2 Å². The molecule has 0 aliphatic rings. The second-order valence-electron chi connectivity index (χ2n) is 6.11. The van der Waals surface area contributed by atoms with Crippen LogP contribution in [0.2, 0.25) is 0 Å². The van der Waals surface area contributed by atoms with Crippen molar-refractivity contribution in [3.05, 3.63) is 52.7 Å². The van der Waals surface area contributed by atoms with Gasteiger partial charge >= 0.3 is 6.03 Å².